The van der Waals surface area contributed by atoms with Crippen molar-refractivity contribution in [2.75, 3.05) is 6.54 Å². The summed E-state index contributed by atoms with van der Waals surface area (Å²) >= 11 is 0. The number of aromatic nitrogens is 2. The fourth-order valence-corrected chi connectivity index (χ4v) is 2.90. The molecular formula is C21H18F3N3O2. The Morgan fingerprint density at radius 1 is 1.10 bits per heavy atom. The van der Waals surface area contributed by atoms with Gasteiger partial charge in [0.2, 0.25) is 5.91 Å². The van der Waals surface area contributed by atoms with Crippen LogP contribution in [0.2, 0.25) is 0 Å². The van der Waals surface area contributed by atoms with E-state index in [4.69, 9.17) is 0 Å². The number of aromatic amines is 1. The molecule has 1 N–H and O–H groups in total. The molecule has 0 saturated carbocycles. The number of hydrogen-bond donors (Lipinski definition) is 1. The van der Waals surface area contributed by atoms with Crippen LogP contribution in [0.5, 0.6) is 0 Å². The molecule has 8 heteroatoms. The maximum atomic E-state index is 13.5. The minimum absolute atomic E-state index is 0.0957. The number of nitrogens with one attached hydrogen (secondary N) is 1. The molecule has 5 nitrogen and oxygen atoms in total. The van der Waals surface area contributed by atoms with Crippen molar-refractivity contribution in [1.82, 2.24) is 14.9 Å². The van der Waals surface area contributed by atoms with Crippen LogP contribution >= 0.6 is 0 Å². The highest BCUT2D eigenvalue weighted by molar-refractivity contribution is 5.96. The molecule has 0 fully saturated rings. The Balaban J connectivity index is 1.92. The van der Waals surface area contributed by atoms with E-state index in [0.717, 1.165) is 0 Å². The van der Waals surface area contributed by atoms with Crippen molar-refractivity contribution in [3.05, 3.63) is 82.4 Å². The molecule has 0 unspecified atom stereocenters. The molecule has 29 heavy (non-hydrogen) atoms. The highest BCUT2D eigenvalue weighted by Gasteiger charge is 2.35. The number of benzene rings is 2. The molecule has 1 aromatic heterocycles. The Hall–Kier alpha value is -3.42. The summed E-state index contributed by atoms with van der Waals surface area (Å²) in [5, 5.41) is 0.397. The zero-order valence-electron chi connectivity index (χ0n) is 15.5. The molecule has 2 aromatic carbocycles. The number of H-pyrrole nitrogens is 1. The van der Waals surface area contributed by atoms with Crippen molar-refractivity contribution in [3.63, 3.8) is 0 Å². The first kappa shape index (κ1) is 20.3. The topological polar surface area (TPSA) is 66.1 Å². The van der Waals surface area contributed by atoms with Crippen LogP contribution in [-0.4, -0.2) is 33.5 Å². The van der Waals surface area contributed by atoms with Gasteiger partial charge in [0.05, 0.1) is 23.0 Å². The first-order valence-electron chi connectivity index (χ1n) is 8.90. The zero-order valence-corrected chi connectivity index (χ0v) is 15.5. The Kier molecular flexibility index (Phi) is 5.81. The third-order valence-corrected chi connectivity index (χ3v) is 4.35. The maximum absolute atomic E-state index is 13.5. The number of rotatable bonds is 5. The van der Waals surface area contributed by atoms with Gasteiger partial charge in [-0.1, -0.05) is 42.5 Å². The number of likely N-dealkylation sites (N-methyl/N-ethyl adjacent to an activating group) is 1. The first-order valence-corrected chi connectivity index (χ1v) is 8.90. The highest BCUT2D eigenvalue weighted by Crippen LogP contribution is 2.33. The third-order valence-electron chi connectivity index (χ3n) is 4.35. The summed E-state index contributed by atoms with van der Waals surface area (Å²) in [4.78, 5) is 32.8. The summed E-state index contributed by atoms with van der Waals surface area (Å²) in [6.45, 7) is 1.66. The van der Waals surface area contributed by atoms with E-state index in [1.165, 1.54) is 29.2 Å². The minimum atomic E-state index is -4.69. The van der Waals surface area contributed by atoms with Crippen LogP contribution in [0.4, 0.5) is 13.2 Å². The summed E-state index contributed by atoms with van der Waals surface area (Å²) in [5.41, 5.74) is -1.04. The van der Waals surface area contributed by atoms with Gasteiger partial charge in [0, 0.05) is 12.6 Å². The van der Waals surface area contributed by atoms with Crippen LogP contribution in [0.1, 0.15) is 18.3 Å². The molecule has 1 amide bonds. The molecular weight excluding hydrogens is 383 g/mol. The van der Waals surface area contributed by atoms with Gasteiger partial charge in [0.1, 0.15) is 5.82 Å². The number of fused-ring (bicyclic) bond motifs is 1. The van der Waals surface area contributed by atoms with Crippen molar-refractivity contribution >= 4 is 22.4 Å². The van der Waals surface area contributed by atoms with Gasteiger partial charge in [0.25, 0.3) is 5.56 Å². The van der Waals surface area contributed by atoms with Gasteiger partial charge < -0.3 is 9.88 Å². The predicted molar refractivity (Wildman–Crippen MR) is 104 cm³/mol. The van der Waals surface area contributed by atoms with E-state index in [-0.39, 0.29) is 30.0 Å². The number of amides is 1. The number of hydrogen-bond acceptors (Lipinski definition) is 3. The molecule has 1 heterocycles. The number of allylic oxidation sites excluding steroid dienone is 1. The van der Waals surface area contributed by atoms with E-state index in [2.05, 4.69) is 9.97 Å². The lowest BCUT2D eigenvalue weighted by atomic mass is 10.0. The standard InChI is InChI=1S/C21H18F3N3O2/c1-2-27(13-18-25-17-11-7-6-10-15(17)20(29)26-18)19(28)12-16(21(22,23)24)14-8-4-3-5-9-14/h3-12H,2,13H2,1H3,(H,25,26,29)/b16-12-. The van der Waals surface area contributed by atoms with Crippen LogP contribution in [0.25, 0.3) is 16.5 Å². The van der Waals surface area contributed by atoms with Crippen molar-refractivity contribution in [2.45, 2.75) is 19.6 Å². The average molecular weight is 401 g/mol. The molecule has 0 bridgehead atoms. The minimum Gasteiger partial charge on any atom is -0.332 e. The second-order valence-corrected chi connectivity index (χ2v) is 6.30. The fraction of sp³-hybridized carbons (Fsp3) is 0.190. The van der Waals surface area contributed by atoms with Crippen molar-refractivity contribution in [1.29, 1.82) is 0 Å². The van der Waals surface area contributed by atoms with Gasteiger partial charge in [-0.05, 0) is 24.6 Å². The molecule has 0 aliphatic carbocycles. The monoisotopic (exact) mass is 401 g/mol. The molecule has 0 radical (unpaired) electrons. The molecule has 0 saturated heterocycles. The molecule has 3 rings (SSSR count). The van der Waals surface area contributed by atoms with E-state index in [1.54, 1.807) is 37.3 Å². The Bertz CT molecular complexity index is 1110. The van der Waals surface area contributed by atoms with Crippen LogP contribution in [0, 0.1) is 0 Å². The summed E-state index contributed by atoms with van der Waals surface area (Å²) in [5.74, 6) is -0.620. The second-order valence-electron chi connectivity index (χ2n) is 6.30. The van der Waals surface area contributed by atoms with Crippen LogP contribution in [0.3, 0.4) is 0 Å². The van der Waals surface area contributed by atoms with Gasteiger partial charge in [-0.3, -0.25) is 9.59 Å². The van der Waals surface area contributed by atoms with Gasteiger partial charge >= 0.3 is 6.18 Å². The number of nitrogens with zero attached hydrogens (tertiary/aromatic N) is 2. The molecule has 0 aliphatic rings. The van der Waals surface area contributed by atoms with Crippen molar-refractivity contribution in [3.8, 4) is 0 Å². The zero-order chi connectivity index (χ0) is 21.0. The molecule has 0 atom stereocenters. The van der Waals surface area contributed by atoms with Crippen LogP contribution in [0.15, 0.2) is 65.5 Å². The Labute approximate surface area is 164 Å². The Morgan fingerprint density at radius 3 is 2.41 bits per heavy atom. The lowest BCUT2D eigenvalue weighted by molar-refractivity contribution is -0.127. The van der Waals surface area contributed by atoms with Gasteiger partial charge in [-0.25, -0.2) is 4.98 Å². The lowest BCUT2D eigenvalue weighted by Gasteiger charge is -2.20. The van der Waals surface area contributed by atoms with Crippen LogP contribution < -0.4 is 5.56 Å². The molecule has 150 valence electrons. The number of alkyl halides is 3. The SMILES string of the molecule is CCN(Cc1nc2ccccc2c(=O)[nH]1)C(=O)/C=C(/c1ccccc1)C(F)(F)F. The largest absolute Gasteiger partial charge is 0.417 e. The van der Waals surface area contributed by atoms with Gasteiger partial charge in [0.15, 0.2) is 0 Å². The normalized spacial score (nSPS) is 12.2. The quantitative estimate of drug-likeness (QED) is 0.659. The van der Waals surface area contributed by atoms with E-state index < -0.39 is 17.7 Å². The molecule has 0 spiro atoms. The molecule has 3 aromatic rings. The Morgan fingerprint density at radius 2 is 1.76 bits per heavy atom. The maximum Gasteiger partial charge on any atom is 0.417 e. The first-order chi connectivity index (χ1) is 13.8. The number of carbonyl (C=O) groups is 1. The fourth-order valence-electron chi connectivity index (χ4n) is 2.90. The number of carbonyl (C=O) groups excluding carboxylic acids is 1. The number of para-hydroxylation sites is 1. The smallest absolute Gasteiger partial charge is 0.332 e. The number of halogens is 3. The second kappa shape index (κ2) is 8.30. The van der Waals surface area contributed by atoms with Crippen LogP contribution in [-0.2, 0) is 11.3 Å². The summed E-state index contributed by atoms with van der Waals surface area (Å²) < 4.78 is 40.5. The van der Waals surface area contributed by atoms with Gasteiger partial charge in [-0.15, -0.1) is 0 Å². The van der Waals surface area contributed by atoms with Gasteiger partial charge in [-0.2, -0.15) is 13.2 Å². The van der Waals surface area contributed by atoms with E-state index in [0.29, 0.717) is 17.0 Å². The summed E-state index contributed by atoms with van der Waals surface area (Å²) in [6.07, 6.45) is -4.11. The van der Waals surface area contributed by atoms with E-state index >= 15 is 0 Å². The van der Waals surface area contributed by atoms with E-state index in [9.17, 15) is 22.8 Å². The predicted octanol–water partition coefficient (Wildman–Crippen LogP) is 3.92. The average Bonchev–Trinajstić information content (AvgIpc) is 2.70. The summed E-state index contributed by atoms with van der Waals surface area (Å²) in [6, 6.07) is 13.8. The van der Waals surface area contributed by atoms with Crippen molar-refractivity contribution < 1.29 is 18.0 Å². The third kappa shape index (κ3) is 4.71. The van der Waals surface area contributed by atoms with Crippen molar-refractivity contribution in [2.24, 2.45) is 0 Å². The molecule has 0 aliphatic heterocycles. The lowest BCUT2D eigenvalue weighted by Crippen LogP contribution is -2.31. The van der Waals surface area contributed by atoms with E-state index in [1.807, 2.05) is 0 Å². The summed E-state index contributed by atoms with van der Waals surface area (Å²) in [7, 11) is 0. The highest BCUT2D eigenvalue weighted by atomic mass is 19.4.